The van der Waals surface area contributed by atoms with Gasteiger partial charge in [0.1, 0.15) is 0 Å². The molecule has 1 aliphatic heterocycles. The molecule has 0 spiro atoms. The summed E-state index contributed by atoms with van der Waals surface area (Å²) in [6, 6.07) is 9.91. The van der Waals surface area contributed by atoms with Gasteiger partial charge in [-0.15, -0.1) is 23.1 Å². The van der Waals surface area contributed by atoms with Crippen molar-refractivity contribution in [3.63, 3.8) is 0 Å². The molecule has 3 aromatic rings. The molecule has 1 atom stereocenters. The van der Waals surface area contributed by atoms with Crippen molar-refractivity contribution in [3.8, 4) is 0 Å². The van der Waals surface area contributed by atoms with E-state index in [1.54, 1.807) is 11.8 Å². The van der Waals surface area contributed by atoms with E-state index in [4.69, 9.17) is 0 Å². The molecule has 1 saturated heterocycles. The maximum atomic E-state index is 12.4. The van der Waals surface area contributed by atoms with Gasteiger partial charge in [-0.2, -0.15) is 17.6 Å². The molecule has 0 aliphatic carbocycles. The molecule has 174 valence electrons. The van der Waals surface area contributed by atoms with Crippen LogP contribution in [0.25, 0.3) is 10.9 Å². The van der Waals surface area contributed by atoms with Gasteiger partial charge in [0.05, 0.1) is 12.7 Å². The first kappa shape index (κ1) is 23.6. The number of hydrogen-bond donors (Lipinski definition) is 1. The second-order valence-electron chi connectivity index (χ2n) is 7.58. The van der Waals surface area contributed by atoms with Crippen LogP contribution in [0.5, 0.6) is 0 Å². The van der Waals surface area contributed by atoms with E-state index in [9.17, 15) is 17.6 Å². The van der Waals surface area contributed by atoms with Crippen molar-refractivity contribution in [1.29, 1.82) is 0 Å². The van der Waals surface area contributed by atoms with Gasteiger partial charge in [-0.05, 0) is 42.7 Å². The number of nitrogens with one attached hydrogen (secondary N) is 1. The minimum Gasteiger partial charge on any atom is -0.361 e. The lowest BCUT2D eigenvalue weighted by molar-refractivity contribution is -0.158. The summed E-state index contributed by atoms with van der Waals surface area (Å²) in [4.78, 5) is 8.52. The third kappa shape index (κ3) is 6.26. The van der Waals surface area contributed by atoms with Crippen LogP contribution in [-0.4, -0.2) is 48.8 Å². The van der Waals surface area contributed by atoms with E-state index in [2.05, 4.69) is 25.4 Å². The highest BCUT2D eigenvalue weighted by atomic mass is 32.2. The fraction of sp³-hybridized carbons (Fsp3) is 0.455. The average molecular weight is 489 g/mol. The number of thiophene rings is 1. The Balaban J connectivity index is 1.37. The number of aromatic amines is 1. The number of rotatable bonds is 11. The van der Waals surface area contributed by atoms with E-state index in [0.29, 0.717) is 13.0 Å². The largest absolute Gasteiger partial charge is 0.361 e. The Labute approximate surface area is 191 Å². The van der Waals surface area contributed by atoms with E-state index < -0.39 is 19.3 Å². The third-order valence-electron chi connectivity index (χ3n) is 5.41. The molecule has 3 heterocycles. The minimum absolute atomic E-state index is 0.0791. The summed E-state index contributed by atoms with van der Waals surface area (Å²) in [5.41, 5.74) is 2.25. The molecule has 4 nitrogen and oxygen atoms in total. The van der Waals surface area contributed by atoms with E-state index in [-0.39, 0.29) is 6.61 Å². The molecule has 4 rings (SSSR count). The van der Waals surface area contributed by atoms with Crippen LogP contribution < -0.4 is 0 Å². The molecule has 0 radical (unpaired) electrons. The van der Waals surface area contributed by atoms with Crippen molar-refractivity contribution in [1.82, 2.24) is 9.88 Å². The van der Waals surface area contributed by atoms with E-state index >= 15 is 0 Å². The van der Waals surface area contributed by atoms with Gasteiger partial charge in [0, 0.05) is 57.1 Å². The molecule has 0 bridgehead atoms. The molecule has 0 unspecified atom stereocenters. The number of nitrogens with zero attached hydrogens (tertiary/aromatic N) is 1. The predicted molar refractivity (Wildman–Crippen MR) is 119 cm³/mol. The lowest BCUT2D eigenvalue weighted by Crippen LogP contribution is -2.26. The Morgan fingerprint density at radius 3 is 2.78 bits per heavy atom. The second kappa shape index (κ2) is 11.0. The van der Waals surface area contributed by atoms with Crippen LogP contribution in [0.1, 0.15) is 21.7 Å². The molecule has 1 fully saturated rings. The highest BCUT2D eigenvalue weighted by Crippen LogP contribution is 2.34. The van der Waals surface area contributed by atoms with Crippen molar-refractivity contribution < 1.29 is 27.0 Å². The van der Waals surface area contributed by atoms with E-state index in [0.717, 1.165) is 45.4 Å². The summed E-state index contributed by atoms with van der Waals surface area (Å²) in [7, 11) is 0. The first-order valence-electron chi connectivity index (χ1n) is 10.3. The Kier molecular flexibility index (Phi) is 8.12. The van der Waals surface area contributed by atoms with Crippen molar-refractivity contribution in [2.45, 2.75) is 49.4 Å². The van der Waals surface area contributed by atoms with Gasteiger partial charge in [-0.1, -0.05) is 6.07 Å². The van der Waals surface area contributed by atoms with E-state index in [1.165, 1.54) is 22.3 Å². The third-order valence-corrected chi connectivity index (χ3v) is 7.76. The molecule has 1 N–H and O–H groups in total. The fourth-order valence-electron chi connectivity index (χ4n) is 3.94. The number of benzene rings is 1. The lowest BCUT2D eigenvalue weighted by Gasteiger charge is -2.16. The van der Waals surface area contributed by atoms with Gasteiger partial charge in [-0.3, -0.25) is 0 Å². The molecule has 10 heteroatoms. The van der Waals surface area contributed by atoms with Crippen molar-refractivity contribution in [2.24, 2.45) is 0 Å². The van der Waals surface area contributed by atoms with Crippen molar-refractivity contribution in [3.05, 3.63) is 51.8 Å². The number of fused-ring (bicyclic) bond motifs is 1. The second-order valence-corrected chi connectivity index (χ2v) is 9.85. The predicted octanol–water partition coefficient (Wildman–Crippen LogP) is 6.12. The number of hydrogen-bond acceptors (Lipinski definition) is 5. The summed E-state index contributed by atoms with van der Waals surface area (Å²) in [6.07, 6.45) is 3.06. The SMILES string of the molecule is FC(F)OCc1ccc(CSc2cccc3[nH]cc(CCN4CC[C@H](OC(F)F)C4)c23)s1. The first-order chi connectivity index (χ1) is 15.5. The van der Waals surface area contributed by atoms with Gasteiger partial charge in [0.2, 0.25) is 0 Å². The standard InChI is InChI=1S/C22H24F4N2O2S2/c23-21(24)29-12-16-4-5-17(32-16)13-31-19-3-1-2-18-20(19)14(10-27-18)6-8-28-9-7-15(11-28)30-22(25)26/h1-5,10,15,21-22,27H,6-9,11-13H2/t15-/m0/s1. The van der Waals surface area contributed by atoms with Gasteiger partial charge in [0.15, 0.2) is 0 Å². The Morgan fingerprint density at radius 2 is 1.97 bits per heavy atom. The molecule has 1 aromatic carbocycles. The van der Waals surface area contributed by atoms with Crippen LogP contribution in [0.3, 0.4) is 0 Å². The summed E-state index contributed by atoms with van der Waals surface area (Å²) in [5, 5.41) is 1.18. The first-order valence-corrected chi connectivity index (χ1v) is 12.1. The zero-order valence-corrected chi connectivity index (χ0v) is 18.9. The highest BCUT2D eigenvalue weighted by molar-refractivity contribution is 7.98. The molecule has 0 amide bonds. The monoisotopic (exact) mass is 488 g/mol. The van der Waals surface area contributed by atoms with Crippen molar-refractivity contribution in [2.75, 3.05) is 19.6 Å². The van der Waals surface area contributed by atoms with Crippen molar-refractivity contribution >= 4 is 34.0 Å². The Hall–Kier alpha value is -1.59. The maximum absolute atomic E-state index is 12.4. The molecular weight excluding hydrogens is 464 g/mol. The minimum atomic E-state index is -2.76. The summed E-state index contributed by atoms with van der Waals surface area (Å²) >= 11 is 3.19. The molecule has 0 saturated carbocycles. The van der Waals surface area contributed by atoms with Crippen LogP contribution in [0.2, 0.25) is 0 Å². The van der Waals surface area contributed by atoms with Gasteiger partial charge < -0.3 is 19.4 Å². The quantitative estimate of drug-likeness (QED) is 0.261. The topological polar surface area (TPSA) is 37.5 Å². The normalized spacial score (nSPS) is 17.4. The summed E-state index contributed by atoms with van der Waals surface area (Å²) in [6.45, 7) is -3.48. The Bertz CT molecular complexity index is 1010. The van der Waals surface area contributed by atoms with Crippen LogP contribution >= 0.6 is 23.1 Å². The summed E-state index contributed by atoms with van der Waals surface area (Å²) < 4.78 is 58.3. The molecular formula is C22H24F4N2O2S2. The number of thioether (sulfide) groups is 1. The maximum Gasteiger partial charge on any atom is 0.345 e. The van der Waals surface area contributed by atoms with Crippen LogP contribution in [-0.2, 0) is 28.3 Å². The number of aromatic nitrogens is 1. The summed E-state index contributed by atoms with van der Waals surface area (Å²) in [5.74, 6) is 0.738. The molecule has 2 aromatic heterocycles. The molecule has 1 aliphatic rings. The zero-order chi connectivity index (χ0) is 22.5. The molecule has 32 heavy (non-hydrogen) atoms. The smallest absolute Gasteiger partial charge is 0.345 e. The zero-order valence-electron chi connectivity index (χ0n) is 17.2. The average Bonchev–Trinajstić information content (AvgIpc) is 3.49. The number of ether oxygens (including phenoxy) is 2. The van der Waals surface area contributed by atoms with Gasteiger partial charge in [-0.25, -0.2) is 0 Å². The number of alkyl halides is 4. The number of H-pyrrole nitrogens is 1. The van der Waals surface area contributed by atoms with Crippen LogP contribution in [0, 0.1) is 0 Å². The Morgan fingerprint density at radius 1 is 1.12 bits per heavy atom. The van der Waals surface area contributed by atoms with Gasteiger partial charge in [0.25, 0.3) is 0 Å². The number of likely N-dealkylation sites (tertiary alicyclic amines) is 1. The van der Waals surface area contributed by atoms with E-state index in [1.807, 2.05) is 30.5 Å². The van der Waals surface area contributed by atoms with Gasteiger partial charge >= 0.3 is 13.2 Å². The fourth-order valence-corrected chi connectivity index (χ4v) is 6.05. The highest BCUT2D eigenvalue weighted by Gasteiger charge is 2.25. The van der Waals surface area contributed by atoms with Crippen LogP contribution in [0.15, 0.2) is 41.4 Å². The number of halogens is 4. The van der Waals surface area contributed by atoms with Crippen LogP contribution in [0.4, 0.5) is 17.6 Å². The lowest BCUT2D eigenvalue weighted by atomic mass is 10.1.